The topological polar surface area (TPSA) is 38.3 Å². The second-order valence-corrected chi connectivity index (χ2v) is 4.68. The Bertz CT molecular complexity index is 436. The fourth-order valence-corrected chi connectivity index (χ4v) is 2.06. The average Bonchev–Trinajstić information content (AvgIpc) is 2.23. The van der Waals surface area contributed by atoms with Crippen LogP contribution in [0.5, 0.6) is 5.75 Å². The van der Waals surface area contributed by atoms with Crippen LogP contribution in [0.15, 0.2) is 12.1 Å². The highest BCUT2D eigenvalue weighted by atomic mass is 16.5. The van der Waals surface area contributed by atoms with E-state index in [2.05, 4.69) is 5.32 Å². The smallest absolute Gasteiger partial charge is 0.227 e. The molecule has 3 heteroatoms. The Hall–Kier alpha value is -1.51. The number of hydrogen-bond acceptors (Lipinski definition) is 2. The van der Waals surface area contributed by atoms with Gasteiger partial charge in [-0.2, -0.15) is 0 Å². The molecule has 17 heavy (non-hydrogen) atoms. The fourth-order valence-electron chi connectivity index (χ4n) is 2.06. The SMILES string of the molecule is COc1ccc(NC(=O)C2CCC2)c(C)c1C. The van der Waals surface area contributed by atoms with Crippen molar-refractivity contribution in [1.29, 1.82) is 0 Å². The summed E-state index contributed by atoms with van der Waals surface area (Å²) in [6.45, 7) is 4.02. The molecule has 0 radical (unpaired) electrons. The number of rotatable bonds is 3. The third kappa shape index (κ3) is 2.28. The van der Waals surface area contributed by atoms with E-state index in [1.54, 1.807) is 7.11 Å². The van der Waals surface area contributed by atoms with Gasteiger partial charge in [-0.3, -0.25) is 4.79 Å². The van der Waals surface area contributed by atoms with Crippen molar-refractivity contribution in [2.75, 3.05) is 12.4 Å². The molecule has 1 N–H and O–H groups in total. The van der Waals surface area contributed by atoms with Gasteiger partial charge in [-0.05, 0) is 49.9 Å². The first-order valence-corrected chi connectivity index (χ1v) is 6.08. The van der Waals surface area contributed by atoms with Crippen LogP contribution in [-0.4, -0.2) is 13.0 Å². The lowest BCUT2D eigenvalue weighted by molar-refractivity contribution is -0.122. The first-order valence-electron chi connectivity index (χ1n) is 6.08. The van der Waals surface area contributed by atoms with Crippen molar-refractivity contribution >= 4 is 11.6 Å². The van der Waals surface area contributed by atoms with Gasteiger partial charge >= 0.3 is 0 Å². The molecule has 3 nitrogen and oxygen atoms in total. The van der Waals surface area contributed by atoms with Crippen molar-refractivity contribution in [3.63, 3.8) is 0 Å². The van der Waals surface area contributed by atoms with E-state index in [1.165, 1.54) is 6.42 Å². The molecule has 1 aromatic carbocycles. The normalized spacial score (nSPS) is 15.2. The Morgan fingerprint density at radius 2 is 2.00 bits per heavy atom. The summed E-state index contributed by atoms with van der Waals surface area (Å²) in [5.41, 5.74) is 3.07. The Kier molecular flexibility index (Phi) is 3.36. The number of carbonyl (C=O) groups is 1. The summed E-state index contributed by atoms with van der Waals surface area (Å²) in [4.78, 5) is 11.9. The molecule has 1 aromatic rings. The Labute approximate surface area is 102 Å². The number of hydrogen-bond donors (Lipinski definition) is 1. The Balaban J connectivity index is 2.15. The quantitative estimate of drug-likeness (QED) is 0.871. The van der Waals surface area contributed by atoms with Crippen LogP contribution < -0.4 is 10.1 Å². The average molecular weight is 233 g/mol. The van der Waals surface area contributed by atoms with Gasteiger partial charge in [-0.15, -0.1) is 0 Å². The zero-order chi connectivity index (χ0) is 12.4. The summed E-state index contributed by atoms with van der Waals surface area (Å²) in [7, 11) is 1.66. The van der Waals surface area contributed by atoms with Crippen LogP contribution in [0.2, 0.25) is 0 Å². The summed E-state index contributed by atoms with van der Waals surface area (Å²) in [5.74, 6) is 1.24. The molecular formula is C14H19NO2. The zero-order valence-corrected chi connectivity index (χ0v) is 10.7. The lowest BCUT2D eigenvalue weighted by Crippen LogP contribution is -2.28. The molecule has 0 aromatic heterocycles. The molecule has 0 bridgehead atoms. The Morgan fingerprint density at radius 3 is 2.53 bits per heavy atom. The molecule has 1 amide bonds. The van der Waals surface area contributed by atoms with E-state index in [9.17, 15) is 4.79 Å². The maximum absolute atomic E-state index is 11.9. The zero-order valence-electron chi connectivity index (χ0n) is 10.7. The van der Waals surface area contributed by atoms with Crippen LogP contribution >= 0.6 is 0 Å². The molecule has 0 atom stereocenters. The first-order chi connectivity index (χ1) is 8.13. The minimum atomic E-state index is 0.156. The predicted octanol–water partition coefficient (Wildman–Crippen LogP) is 3.05. The van der Waals surface area contributed by atoms with Gasteiger partial charge in [0, 0.05) is 11.6 Å². The summed E-state index contributed by atoms with van der Waals surface area (Å²) in [6.07, 6.45) is 3.23. The molecule has 0 heterocycles. The first kappa shape index (κ1) is 12.0. The molecule has 0 saturated heterocycles. The second-order valence-electron chi connectivity index (χ2n) is 4.68. The number of ether oxygens (including phenoxy) is 1. The van der Waals surface area contributed by atoms with Crippen LogP contribution in [0.1, 0.15) is 30.4 Å². The van der Waals surface area contributed by atoms with E-state index >= 15 is 0 Å². The molecule has 1 aliphatic carbocycles. The van der Waals surface area contributed by atoms with E-state index < -0.39 is 0 Å². The van der Waals surface area contributed by atoms with Crippen LogP contribution in [0.25, 0.3) is 0 Å². The maximum Gasteiger partial charge on any atom is 0.227 e. The van der Waals surface area contributed by atoms with Gasteiger partial charge < -0.3 is 10.1 Å². The van der Waals surface area contributed by atoms with E-state index in [4.69, 9.17) is 4.74 Å². The summed E-state index contributed by atoms with van der Waals surface area (Å²) in [6, 6.07) is 3.82. The van der Waals surface area contributed by atoms with Gasteiger partial charge in [0.15, 0.2) is 0 Å². The molecule has 1 saturated carbocycles. The third-order valence-corrected chi connectivity index (χ3v) is 3.69. The summed E-state index contributed by atoms with van der Waals surface area (Å²) >= 11 is 0. The highest BCUT2D eigenvalue weighted by Crippen LogP contribution is 2.30. The molecule has 1 aliphatic rings. The number of amides is 1. The van der Waals surface area contributed by atoms with E-state index in [0.717, 1.165) is 35.4 Å². The van der Waals surface area contributed by atoms with Crippen molar-refractivity contribution < 1.29 is 9.53 Å². The van der Waals surface area contributed by atoms with Gasteiger partial charge in [0.05, 0.1) is 7.11 Å². The highest BCUT2D eigenvalue weighted by molar-refractivity contribution is 5.94. The standard InChI is InChI=1S/C14H19NO2/c1-9-10(2)13(17-3)8-7-12(9)15-14(16)11-5-4-6-11/h7-8,11H,4-6H2,1-3H3,(H,15,16). The molecule has 0 unspecified atom stereocenters. The molecule has 2 rings (SSSR count). The van der Waals surface area contributed by atoms with Crippen molar-refractivity contribution in [3.8, 4) is 5.75 Å². The minimum Gasteiger partial charge on any atom is -0.496 e. The van der Waals surface area contributed by atoms with Gasteiger partial charge in [0.1, 0.15) is 5.75 Å². The van der Waals surface area contributed by atoms with Crippen molar-refractivity contribution in [2.45, 2.75) is 33.1 Å². The monoisotopic (exact) mass is 233 g/mol. The van der Waals surface area contributed by atoms with Crippen LogP contribution in [0.4, 0.5) is 5.69 Å². The highest BCUT2D eigenvalue weighted by Gasteiger charge is 2.25. The molecule has 0 spiro atoms. The van der Waals surface area contributed by atoms with E-state index in [0.29, 0.717) is 0 Å². The largest absolute Gasteiger partial charge is 0.496 e. The van der Waals surface area contributed by atoms with Crippen LogP contribution in [0, 0.1) is 19.8 Å². The minimum absolute atomic E-state index is 0.156. The Morgan fingerprint density at radius 1 is 1.29 bits per heavy atom. The van der Waals surface area contributed by atoms with Gasteiger partial charge in [-0.25, -0.2) is 0 Å². The molecule has 0 aliphatic heterocycles. The van der Waals surface area contributed by atoms with Crippen molar-refractivity contribution in [1.82, 2.24) is 0 Å². The lowest BCUT2D eigenvalue weighted by atomic mass is 9.84. The van der Waals surface area contributed by atoms with Crippen molar-refractivity contribution in [3.05, 3.63) is 23.3 Å². The number of methoxy groups -OCH3 is 1. The summed E-state index contributed by atoms with van der Waals surface area (Å²) in [5, 5.41) is 3.01. The second kappa shape index (κ2) is 4.78. The van der Waals surface area contributed by atoms with Crippen LogP contribution in [-0.2, 0) is 4.79 Å². The van der Waals surface area contributed by atoms with E-state index in [1.807, 2.05) is 26.0 Å². The third-order valence-electron chi connectivity index (χ3n) is 3.69. The molecule has 92 valence electrons. The fraction of sp³-hybridized carbons (Fsp3) is 0.500. The maximum atomic E-state index is 11.9. The number of benzene rings is 1. The number of nitrogens with one attached hydrogen (secondary N) is 1. The van der Waals surface area contributed by atoms with Gasteiger partial charge in [0.25, 0.3) is 0 Å². The van der Waals surface area contributed by atoms with Crippen molar-refractivity contribution in [2.24, 2.45) is 5.92 Å². The number of anilines is 1. The van der Waals surface area contributed by atoms with Crippen LogP contribution in [0.3, 0.4) is 0 Å². The molecular weight excluding hydrogens is 214 g/mol. The molecule has 1 fully saturated rings. The van der Waals surface area contributed by atoms with Gasteiger partial charge in [-0.1, -0.05) is 6.42 Å². The van der Waals surface area contributed by atoms with E-state index in [-0.39, 0.29) is 11.8 Å². The lowest BCUT2D eigenvalue weighted by Gasteiger charge is -2.24. The predicted molar refractivity (Wildman–Crippen MR) is 68.4 cm³/mol. The number of carbonyl (C=O) groups excluding carboxylic acids is 1. The summed E-state index contributed by atoms with van der Waals surface area (Å²) < 4.78 is 5.25. The van der Waals surface area contributed by atoms with Gasteiger partial charge in [0.2, 0.25) is 5.91 Å².